The van der Waals surface area contributed by atoms with E-state index in [0.717, 1.165) is 10.0 Å². The van der Waals surface area contributed by atoms with Crippen LogP contribution in [0.2, 0.25) is 0 Å². The van der Waals surface area contributed by atoms with Gasteiger partial charge in [-0.15, -0.1) is 0 Å². The van der Waals surface area contributed by atoms with Crippen LogP contribution in [-0.4, -0.2) is 23.8 Å². The van der Waals surface area contributed by atoms with Crippen molar-refractivity contribution in [3.05, 3.63) is 22.2 Å². The first-order valence-electron chi connectivity index (χ1n) is 5.29. The van der Waals surface area contributed by atoms with Crippen LogP contribution in [0, 0.1) is 0 Å². The Morgan fingerprint density at radius 2 is 2.00 bits per heavy atom. The molecule has 0 aromatic heterocycles. The van der Waals surface area contributed by atoms with E-state index in [4.69, 9.17) is 4.74 Å². The molecular weight excluding hydrogens is 271 g/mol. The molecule has 0 spiro atoms. The van der Waals surface area contributed by atoms with Crippen LogP contribution in [0.25, 0.3) is 0 Å². The van der Waals surface area contributed by atoms with Crippen molar-refractivity contribution in [3.8, 4) is 5.75 Å². The molecule has 0 fully saturated rings. The molecule has 3 nitrogen and oxygen atoms in total. The summed E-state index contributed by atoms with van der Waals surface area (Å²) in [6, 6.07) is 3.71. The minimum Gasteiger partial charge on any atom is -0.493 e. The molecule has 0 aliphatic carbocycles. The highest BCUT2D eigenvalue weighted by Crippen LogP contribution is 2.27. The smallest absolute Gasteiger partial charge is 0.492 e. The Labute approximate surface area is 105 Å². The Morgan fingerprint density at radius 1 is 1.38 bits per heavy atom. The van der Waals surface area contributed by atoms with E-state index in [2.05, 4.69) is 29.8 Å². The SMILES string of the molecule is CCOc1c(Br)cc(C(C)C)cc1B(O)O. The quantitative estimate of drug-likeness (QED) is 0.828. The van der Waals surface area contributed by atoms with Gasteiger partial charge >= 0.3 is 7.12 Å². The highest BCUT2D eigenvalue weighted by molar-refractivity contribution is 9.10. The molecule has 0 saturated heterocycles. The zero-order valence-electron chi connectivity index (χ0n) is 9.70. The van der Waals surface area contributed by atoms with E-state index in [1.165, 1.54) is 0 Å². The fourth-order valence-corrected chi connectivity index (χ4v) is 2.07. The zero-order valence-corrected chi connectivity index (χ0v) is 11.3. The summed E-state index contributed by atoms with van der Waals surface area (Å²) in [7, 11) is -1.52. The van der Waals surface area contributed by atoms with Gasteiger partial charge in [0.05, 0.1) is 11.1 Å². The van der Waals surface area contributed by atoms with Crippen molar-refractivity contribution in [1.82, 2.24) is 0 Å². The molecule has 1 aromatic rings. The molecule has 16 heavy (non-hydrogen) atoms. The summed E-state index contributed by atoms with van der Waals surface area (Å²) in [5, 5.41) is 18.6. The van der Waals surface area contributed by atoms with Crippen LogP contribution in [0.1, 0.15) is 32.3 Å². The van der Waals surface area contributed by atoms with Gasteiger partial charge in [0, 0.05) is 5.46 Å². The molecule has 0 saturated carbocycles. The lowest BCUT2D eigenvalue weighted by Gasteiger charge is -2.15. The predicted octanol–water partition coefficient (Wildman–Crippen LogP) is 1.65. The van der Waals surface area contributed by atoms with E-state index in [1.807, 2.05) is 13.0 Å². The molecular formula is C11H16BBrO3. The average molecular weight is 287 g/mol. The summed E-state index contributed by atoms with van der Waals surface area (Å²) in [6.07, 6.45) is 0. The van der Waals surface area contributed by atoms with E-state index in [0.29, 0.717) is 23.7 Å². The molecule has 0 heterocycles. The van der Waals surface area contributed by atoms with E-state index in [-0.39, 0.29) is 0 Å². The van der Waals surface area contributed by atoms with Crippen LogP contribution < -0.4 is 10.2 Å². The summed E-state index contributed by atoms with van der Waals surface area (Å²) in [5.41, 5.74) is 1.44. The molecule has 88 valence electrons. The fraction of sp³-hybridized carbons (Fsp3) is 0.455. The van der Waals surface area contributed by atoms with Crippen LogP contribution in [0.15, 0.2) is 16.6 Å². The third-order valence-corrected chi connectivity index (χ3v) is 2.92. The first-order valence-corrected chi connectivity index (χ1v) is 6.09. The molecule has 0 bridgehead atoms. The maximum Gasteiger partial charge on any atom is 0.492 e. The van der Waals surface area contributed by atoms with E-state index >= 15 is 0 Å². The first-order chi connectivity index (χ1) is 7.47. The van der Waals surface area contributed by atoms with Crippen molar-refractivity contribution < 1.29 is 14.8 Å². The number of hydrogen-bond donors (Lipinski definition) is 2. The Bertz CT molecular complexity index is 366. The zero-order chi connectivity index (χ0) is 12.3. The van der Waals surface area contributed by atoms with Crippen molar-refractivity contribution in [3.63, 3.8) is 0 Å². The van der Waals surface area contributed by atoms with Gasteiger partial charge in [-0.3, -0.25) is 0 Å². The number of halogens is 1. The Balaban J connectivity index is 3.27. The second kappa shape index (κ2) is 5.71. The molecule has 1 aromatic carbocycles. The van der Waals surface area contributed by atoms with Gasteiger partial charge in [0.25, 0.3) is 0 Å². The van der Waals surface area contributed by atoms with E-state index in [1.54, 1.807) is 6.07 Å². The lowest BCUT2D eigenvalue weighted by molar-refractivity contribution is 0.337. The summed E-state index contributed by atoms with van der Waals surface area (Å²) in [5.74, 6) is 0.825. The second-order valence-corrected chi connectivity index (χ2v) is 4.74. The fourth-order valence-electron chi connectivity index (χ4n) is 1.46. The maximum atomic E-state index is 9.32. The summed E-state index contributed by atoms with van der Waals surface area (Å²) in [6.45, 7) is 6.45. The van der Waals surface area contributed by atoms with E-state index < -0.39 is 7.12 Å². The molecule has 0 radical (unpaired) electrons. The third kappa shape index (κ3) is 3.00. The number of benzene rings is 1. The van der Waals surface area contributed by atoms with Crippen LogP contribution >= 0.6 is 15.9 Å². The molecule has 5 heteroatoms. The van der Waals surface area contributed by atoms with Crippen molar-refractivity contribution in [2.24, 2.45) is 0 Å². The Morgan fingerprint density at radius 3 is 2.44 bits per heavy atom. The molecule has 1 rings (SSSR count). The standard InChI is InChI=1S/C11H16BBrO3/c1-4-16-11-9(12(14)15)5-8(7(2)3)6-10(11)13/h5-7,14-15H,4H2,1-3H3. The summed E-state index contributed by atoms with van der Waals surface area (Å²) >= 11 is 3.39. The minimum atomic E-state index is -1.52. The van der Waals surface area contributed by atoms with Gasteiger partial charge in [-0.05, 0) is 40.4 Å². The van der Waals surface area contributed by atoms with Crippen LogP contribution in [0.4, 0.5) is 0 Å². The molecule has 0 unspecified atom stereocenters. The molecule has 2 N–H and O–H groups in total. The first kappa shape index (κ1) is 13.5. The van der Waals surface area contributed by atoms with Gasteiger partial charge < -0.3 is 14.8 Å². The predicted molar refractivity (Wildman–Crippen MR) is 69.2 cm³/mol. The highest BCUT2D eigenvalue weighted by Gasteiger charge is 2.21. The van der Waals surface area contributed by atoms with Crippen molar-refractivity contribution in [2.75, 3.05) is 6.61 Å². The lowest BCUT2D eigenvalue weighted by Crippen LogP contribution is -2.32. The van der Waals surface area contributed by atoms with Crippen LogP contribution in [-0.2, 0) is 0 Å². The van der Waals surface area contributed by atoms with Gasteiger partial charge in [0.2, 0.25) is 0 Å². The Hall–Kier alpha value is -0.515. The van der Waals surface area contributed by atoms with Crippen molar-refractivity contribution in [2.45, 2.75) is 26.7 Å². The van der Waals surface area contributed by atoms with Crippen molar-refractivity contribution in [1.29, 1.82) is 0 Å². The molecule has 0 amide bonds. The highest BCUT2D eigenvalue weighted by atomic mass is 79.9. The minimum absolute atomic E-state index is 0.324. The van der Waals surface area contributed by atoms with Crippen LogP contribution in [0.5, 0.6) is 5.75 Å². The number of hydrogen-bond acceptors (Lipinski definition) is 3. The summed E-state index contributed by atoms with van der Waals surface area (Å²) in [4.78, 5) is 0. The van der Waals surface area contributed by atoms with Crippen LogP contribution in [0.3, 0.4) is 0 Å². The van der Waals surface area contributed by atoms with Gasteiger partial charge in [0.15, 0.2) is 0 Å². The maximum absolute atomic E-state index is 9.32. The van der Waals surface area contributed by atoms with Crippen molar-refractivity contribution >= 4 is 28.5 Å². The lowest BCUT2D eigenvalue weighted by atomic mass is 9.78. The monoisotopic (exact) mass is 286 g/mol. The number of ether oxygens (including phenoxy) is 1. The van der Waals surface area contributed by atoms with Gasteiger partial charge in [0.1, 0.15) is 5.75 Å². The van der Waals surface area contributed by atoms with Gasteiger partial charge in [-0.2, -0.15) is 0 Å². The topological polar surface area (TPSA) is 49.7 Å². The van der Waals surface area contributed by atoms with Gasteiger partial charge in [-0.1, -0.05) is 19.9 Å². The molecule has 0 aliphatic heterocycles. The Kier molecular flexibility index (Phi) is 4.83. The number of rotatable bonds is 4. The summed E-state index contributed by atoms with van der Waals surface area (Å²) < 4.78 is 6.15. The second-order valence-electron chi connectivity index (χ2n) is 3.88. The normalized spacial score (nSPS) is 10.7. The third-order valence-electron chi connectivity index (χ3n) is 2.33. The average Bonchev–Trinajstić information content (AvgIpc) is 2.20. The van der Waals surface area contributed by atoms with E-state index in [9.17, 15) is 10.0 Å². The van der Waals surface area contributed by atoms with Gasteiger partial charge in [-0.25, -0.2) is 0 Å². The molecule has 0 atom stereocenters. The molecule has 0 aliphatic rings. The largest absolute Gasteiger partial charge is 0.493 e.